The Morgan fingerprint density at radius 1 is 1.44 bits per heavy atom. The van der Waals surface area contributed by atoms with Gasteiger partial charge in [0.05, 0.1) is 5.69 Å². The molecule has 2 N–H and O–H groups in total. The van der Waals surface area contributed by atoms with E-state index in [1.165, 1.54) is 0 Å². The molecule has 9 heavy (non-hydrogen) atoms. The normalized spacial score (nSPS) is 9.11. The minimum absolute atomic E-state index is 0.334. The lowest BCUT2D eigenvalue weighted by atomic mass is 10.4. The van der Waals surface area contributed by atoms with Gasteiger partial charge in [0.15, 0.2) is 0 Å². The van der Waals surface area contributed by atoms with Crippen LogP contribution in [0.1, 0.15) is 5.69 Å². The van der Waals surface area contributed by atoms with Crippen LogP contribution in [0.5, 0.6) is 5.88 Å². The Morgan fingerprint density at radius 2 is 2.22 bits per heavy atom. The standard InChI is InChI=1S/C5H7N3O/c1-4-2-3-5(9-6)8-7-4/h2-3H,6H2,1H3. The van der Waals surface area contributed by atoms with Crippen LogP contribution in [0.15, 0.2) is 12.1 Å². The molecule has 0 aromatic carbocycles. The van der Waals surface area contributed by atoms with E-state index in [4.69, 9.17) is 5.90 Å². The summed E-state index contributed by atoms with van der Waals surface area (Å²) in [4.78, 5) is 4.30. The van der Waals surface area contributed by atoms with Gasteiger partial charge in [0.1, 0.15) is 0 Å². The van der Waals surface area contributed by atoms with Crippen molar-refractivity contribution in [3.63, 3.8) is 0 Å². The molecule has 1 heterocycles. The fourth-order valence-electron chi connectivity index (χ4n) is 0.450. The van der Waals surface area contributed by atoms with Gasteiger partial charge in [-0.3, -0.25) is 0 Å². The first kappa shape index (κ1) is 5.97. The predicted molar refractivity (Wildman–Crippen MR) is 31.6 cm³/mol. The highest BCUT2D eigenvalue weighted by molar-refractivity contribution is 5.09. The lowest BCUT2D eigenvalue weighted by molar-refractivity contribution is 0.316. The molecule has 4 nitrogen and oxygen atoms in total. The molecule has 0 aliphatic rings. The van der Waals surface area contributed by atoms with Crippen molar-refractivity contribution in [2.45, 2.75) is 6.92 Å². The summed E-state index contributed by atoms with van der Waals surface area (Å²) in [5.74, 6) is 5.13. The molecule has 0 fully saturated rings. The van der Waals surface area contributed by atoms with Gasteiger partial charge in [0, 0.05) is 6.07 Å². The number of hydrogen-bond acceptors (Lipinski definition) is 4. The summed E-state index contributed by atoms with van der Waals surface area (Å²) in [6.45, 7) is 1.84. The molecular weight excluding hydrogens is 118 g/mol. The van der Waals surface area contributed by atoms with E-state index in [1.807, 2.05) is 6.92 Å². The molecular formula is C5H7N3O. The molecule has 0 radical (unpaired) electrons. The number of hydrogen-bond donors (Lipinski definition) is 1. The van der Waals surface area contributed by atoms with Gasteiger partial charge in [-0.25, -0.2) is 0 Å². The van der Waals surface area contributed by atoms with Crippen LogP contribution in [0.25, 0.3) is 0 Å². The molecule has 0 unspecified atom stereocenters. The number of nitrogens with zero attached hydrogens (tertiary/aromatic N) is 2. The molecule has 0 aliphatic carbocycles. The van der Waals surface area contributed by atoms with Gasteiger partial charge in [0.2, 0.25) is 0 Å². The van der Waals surface area contributed by atoms with Gasteiger partial charge in [-0.05, 0) is 13.0 Å². The number of aromatic nitrogens is 2. The lowest BCUT2D eigenvalue weighted by Gasteiger charge is -1.93. The topological polar surface area (TPSA) is 61.0 Å². The summed E-state index contributed by atoms with van der Waals surface area (Å²) in [6.07, 6.45) is 0. The monoisotopic (exact) mass is 125 g/mol. The molecule has 1 rings (SSSR count). The van der Waals surface area contributed by atoms with E-state index in [0.29, 0.717) is 5.88 Å². The average Bonchev–Trinajstić information content (AvgIpc) is 1.90. The van der Waals surface area contributed by atoms with Crippen LogP contribution in [-0.2, 0) is 0 Å². The van der Waals surface area contributed by atoms with Crippen LogP contribution in [0.3, 0.4) is 0 Å². The second kappa shape index (κ2) is 2.41. The third-order valence-electron chi connectivity index (χ3n) is 0.894. The highest BCUT2D eigenvalue weighted by atomic mass is 16.6. The van der Waals surface area contributed by atoms with E-state index >= 15 is 0 Å². The third-order valence-corrected chi connectivity index (χ3v) is 0.894. The van der Waals surface area contributed by atoms with E-state index < -0.39 is 0 Å². The summed E-state index contributed by atoms with van der Waals surface area (Å²) in [5, 5.41) is 7.29. The Morgan fingerprint density at radius 3 is 2.67 bits per heavy atom. The van der Waals surface area contributed by atoms with Gasteiger partial charge >= 0.3 is 0 Å². The first-order valence-corrected chi connectivity index (χ1v) is 2.50. The fraction of sp³-hybridized carbons (Fsp3) is 0.200. The van der Waals surface area contributed by atoms with Crippen molar-refractivity contribution in [2.24, 2.45) is 5.90 Å². The van der Waals surface area contributed by atoms with Crippen molar-refractivity contribution < 1.29 is 4.84 Å². The molecule has 0 aliphatic heterocycles. The van der Waals surface area contributed by atoms with E-state index in [-0.39, 0.29) is 0 Å². The SMILES string of the molecule is Cc1ccc(ON)nn1. The van der Waals surface area contributed by atoms with Crippen LogP contribution >= 0.6 is 0 Å². The molecule has 0 spiro atoms. The Labute approximate surface area is 52.6 Å². The maximum absolute atomic E-state index is 4.80. The minimum atomic E-state index is 0.334. The summed E-state index contributed by atoms with van der Waals surface area (Å²) < 4.78 is 0. The van der Waals surface area contributed by atoms with Crippen molar-refractivity contribution in [1.82, 2.24) is 10.2 Å². The zero-order valence-corrected chi connectivity index (χ0v) is 5.03. The summed E-state index contributed by atoms with van der Waals surface area (Å²) in [6, 6.07) is 3.43. The Balaban J connectivity index is 2.88. The first-order valence-electron chi connectivity index (χ1n) is 2.50. The quantitative estimate of drug-likeness (QED) is 0.538. The molecule has 0 saturated carbocycles. The average molecular weight is 125 g/mol. The molecule has 0 atom stereocenters. The molecule has 0 saturated heterocycles. The Hall–Kier alpha value is -1.16. The fourth-order valence-corrected chi connectivity index (χ4v) is 0.450. The first-order chi connectivity index (χ1) is 4.33. The van der Waals surface area contributed by atoms with E-state index in [0.717, 1.165) is 5.69 Å². The van der Waals surface area contributed by atoms with Crippen molar-refractivity contribution >= 4 is 0 Å². The molecule has 0 bridgehead atoms. The highest BCUT2D eigenvalue weighted by Crippen LogP contribution is 2.00. The van der Waals surface area contributed by atoms with Gasteiger partial charge in [-0.2, -0.15) is 11.0 Å². The molecule has 48 valence electrons. The Bertz CT molecular complexity index is 184. The largest absolute Gasteiger partial charge is 0.390 e. The molecule has 1 aromatic rings. The molecule has 4 heteroatoms. The van der Waals surface area contributed by atoms with Crippen molar-refractivity contribution in [2.75, 3.05) is 0 Å². The second-order valence-corrected chi connectivity index (χ2v) is 1.63. The number of rotatable bonds is 1. The lowest BCUT2D eigenvalue weighted by Crippen LogP contribution is -2.04. The minimum Gasteiger partial charge on any atom is -0.390 e. The summed E-state index contributed by atoms with van der Waals surface area (Å²) in [5.41, 5.74) is 0.843. The van der Waals surface area contributed by atoms with Crippen molar-refractivity contribution in [1.29, 1.82) is 0 Å². The number of aryl methyl sites for hydroxylation is 1. The van der Waals surface area contributed by atoms with Crippen LogP contribution in [0.4, 0.5) is 0 Å². The zero-order chi connectivity index (χ0) is 6.69. The number of nitrogens with two attached hydrogens (primary N) is 1. The third kappa shape index (κ3) is 1.36. The second-order valence-electron chi connectivity index (χ2n) is 1.63. The van der Waals surface area contributed by atoms with Gasteiger partial charge in [-0.15, -0.1) is 5.10 Å². The van der Waals surface area contributed by atoms with E-state index in [2.05, 4.69) is 15.0 Å². The van der Waals surface area contributed by atoms with Gasteiger partial charge < -0.3 is 4.84 Å². The summed E-state index contributed by atoms with van der Waals surface area (Å²) in [7, 11) is 0. The van der Waals surface area contributed by atoms with Gasteiger partial charge in [-0.1, -0.05) is 0 Å². The van der Waals surface area contributed by atoms with Crippen LogP contribution < -0.4 is 10.7 Å². The molecule has 1 aromatic heterocycles. The van der Waals surface area contributed by atoms with Gasteiger partial charge in [0.25, 0.3) is 5.88 Å². The van der Waals surface area contributed by atoms with E-state index in [9.17, 15) is 0 Å². The predicted octanol–water partition coefficient (Wildman–Crippen LogP) is 0.0375. The van der Waals surface area contributed by atoms with Crippen LogP contribution in [0.2, 0.25) is 0 Å². The highest BCUT2D eigenvalue weighted by Gasteiger charge is 1.89. The smallest absolute Gasteiger partial charge is 0.256 e. The maximum atomic E-state index is 4.80. The summed E-state index contributed by atoms with van der Waals surface area (Å²) >= 11 is 0. The van der Waals surface area contributed by atoms with Crippen molar-refractivity contribution in [3.8, 4) is 5.88 Å². The van der Waals surface area contributed by atoms with Crippen LogP contribution in [-0.4, -0.2) is 10.2 Å². The molecule has 0 amide bonds. The van der Waals surface area contributed by atoms with Crippen LogP contribution in [0, 0.1) is 6.92 Å². The Kier molecular flexibility index (Phi) is 1.60. The van der Waals surface area contributed by atoms with Crippen molar-refractivity contribution in [3.05, 3.63) is 17.8 Å². The van der Waals surface area contributed by atoms with E-state index in [1.54, 1.807) is 12.1 Å². The zero-order valence-electron chi connectivity index (χ0n) is 5.03. The maximum Gasteiger partial charge on any atom is 0.256 e.